The molecule has 0 bridgehead atoms. The highest BCUT2D eigenvalue weighted by Gasteiger charge is 2.22. The third-order valence-electron chi connectivity index (χ3n) is 5.32. The predicted octanol–water partition coefficient (Wildman–Crippen LogP) is 6.29. The third-order valence-corrected chi connectivity index (χ3v) is 6.06. The molecule has 0 aliphatic carbocycles. The number of nitrogens with one attached hydrogen (secondary N) is 1. The zero-order valence-corrected chi connectivity index (χ0v) is 20.8. The van der Waals surface area contributed by atoms with E-state index in [1.165, 1.54) is 0 Å². The number of benzene rings is 2. The quantitative estimate of drug-likeness (QED) is 0.323. The van der Waals surface area contributed by atoms with Gasteiger partial charge in [-0.3, -0.25) is 9.48 Å². The molecule has 2 aromatic carbocycles. The van der Waals surface area contributed by atoms with Gasteiger partial charge in [-0.05, 0) is 68.7 Å². The van der Waals surface area contributed by atoms with Crippen molar-refractivity contribution < 1.29 is 14.1 Å². The van der Waals surface area contributed by atoms with Crippen LogP contribution in [-0.4, -0.2) is 20.8 Å². The van der Waals surface area contributed by atoms with Crippen LogP contribution in [0.25, 0.3) is 0 Å². The molecule has 9 heteroatoms. The van der Waals surface area contributed by atoms with Gasteiger partial charge in [0.2, 0.25) is 0 Å². The van der Waals surface area contributed by atoms with E-state index in [0.717, 1.165) is 28.1 Å². The van der Waals surface area contributed by atoms with Crippen molar-refractivity contribution in [2.45, 2.75) is 40.8 Å². The maximum Gasteiger partial charge on any atom is 0.279 e. The number of halogens is 2. The number of anilines is 1. The van der Waals surface area contributed by atoms with Crippen LogP contribution >= 0.6 is 23.2 Å². The molecule has 0 saturated heterocycles. The second-order valence-corrected chi connectivity index (χ2v) is 9.02. The summed E-state index contributed by atoms with van der Waals surface area (Å²) in [5.41, 5.74) is 4.76. The van der Waals surface area contributed by atoms with Crippen LogP contribution in [0, 0.1) is 27.7 Å². The molecule has 2 heterocycles. The van der Waals surface area contributed by atoms with Crippen molar-refractivity contribution in [3.63, 3.8) is 0 Å². The Morgan fingerprint density at radius 3 is 2.47 bits per heavy atom. The number of ether oxygens (including phenoxy) is 1. The van der Waals surface area contributed by atoms with Crippen molar-refractivity contribution >= 4 is 34.9 Å². The van der Waals surface area contributed by atoms with E-state index in [4.69, 9.17) is 32.5 Å². The first-order chi connectivity index (χ1) is 16.2. The monoisotopic (exact) mass is 498 g/mol. The topological polar surface area (TPSA) is 82.2 Å². The van der Waals surface area contributed by atoms with Crippen molar-refractivity contribution in [2.75, 3.05) is 5.32 Å². The normalized spacial score (nSPS) is 11.0. The lowest BCUT2D eigenvalue weighted by Gasteiger charge is -2.08. The lowest BCUT2D eigenvalue weighted by Crippen LogP contribution is -2.16. The zero-order chi connectivity index (χ0) is 24.4. The minimum atomic E-state index is -0.421. The maximum absolute atomic E-state index is 13.0. The number of carbonyl (C=O) groups is 1. The van der Waals surface area contributed by atoms with Gasteiger partial charge in [0.15, 0.2) is 11.5 Å². The van der Waals surface area contributed by atoms with Crippen molar-refractivity contribution in [3.8, 4) is 5.75 Å². The highest BCUT2D eigenvalue weighted by Crippen LogP contribution is 2.24. The molecule has 0 unspecified atom stereocenters. The molecule has 2 aromatic heterocycles. The van der Waals surface area contributed by atoms with Gasteiger partial charge in [-0.1, -0.05) is 40.5 Å². The number of amides is 1. The van der Waals surface area contributed by atoms with Crippen LogP contribution in [0.4, 0.5) is 5.82 Å². The van der Waals surface area contributed by atoms with Crippen molar-refractivity contribution in [1.82, 2.24) is 14.9 Å². The van der Waals surface area contributed by atoms with Gasteiger partial charge in [-0.25, -0.2) is 0 Å². The van der Waals surface area contributed by atoms with Crippen LogP contribution in [0.3, 0.4) is 0 Å². The molecule has 1 amide bonds. The van der Waals surface area contributed by atoms with Crippen LogP contribution < -0.4 is 10.1 Å². The van der Waals surface area contributed by atoms with E-state index in [0.29, 0.717) is 33.7 Å². The summed E-state index contributed by atoms with van der Waals surface area (Å²) in [5, 5.41) is 12.2. The standard InChI is InChI=1S/C25H24Cl2N4O3/c1-14-7-15(2)9-19(8-14)33-13-20-17(4)34-30-24(20)25(32)28-23-10-16(3)31(29-23)12-18-5-6-21(26)22(27)11-18/h5-11H,12-13H2,1-4H3,(H,28,29,32). The van der Waals surface area contributed by atoms with Crippen LogP contribution in [0.5, 0.6) is 5.75 Å². The molecule has 0 atom stereocenters. The second kappa shape index (κ2) is 9.91. The van der Waals surface area contributed by atoms with Gasteiger partial charge >= 0.3 is 0 Å². The van der Waals surface area contributed by atoms with Crippen molar-refractivity contribution in [1.29, 1.82) is 0 Å². The van der Waals surface area contributed by atoms with Gasteiger partial charge in [0.1, 0.15) is 18.1 Å². The van der Waals surface area contributed by atoms with E-state index >= 15 is 0 Å². The van der Waals surface area contributed by atoms with E-state index < -0.39 is 5.91 Å². The smallest absolute Gasteiger partial charge is 0.279 e. The van der Waals surface area contributed by atoms with E-state index in [1.54, 1.807) is 29.8 Å². The molecule has 0 radical (unpaired) electrons. The molecule has 0 aliphatic rings. The minimum Gasteiger partial charge on any atom is -0.489 e. The van der Waals surface area contributed by atoms with Gasteiger partial charge < -0.3 is 14.6 Å². The van der Waals surface area contributed by atoms with Gasteiger partial charge in [-0.2, -0.15) is 5.10 Å². The lowest BCUT2D eigenvalue weighted by molar-refractivity contribution is 0.101. The summed E-state index contributed by atoms with van der Waals surface area (Å²) in [6, 6.07) is 13.2. The number of hydrogen-bond donors (Lipinski definition) is 1. The SMILES string of the molecule is Cc1cc(C)cc(OCc2c(C(=O)Nc3cc(C)n(Cc4ccc(Cl)c(Cl)c4)n3)noc2C)c1. The number of aromatic nitrogens is 3. The lowest BCUT2D eigenvalue weighted by atomic mass is 10.1. The maximum atomic E-state index is 13.0. The fraction of sp³-hybridized carbons (Fsp3) is 0.240. The van der Waals surface area contributed by atoms with E-state index in [1.807, 2.05) is 39.0 Å². The number of aryl methyl sites for hydroxylation is 4. The summed E-state index contributed by atoms with van der Waals surface area (Å²) in [6.45, 7) is 8.31. The fourth-order valence-corrected chi connectivity index (χ4v) is 3.95. The van der Waals surface area contributed by atoms with Crippen LogP contribution in [0.2, 0.25) is 10.0 Å². The highest BCUT2D eigenvalue weighted by molar-refractivity contribution is 6.42. The molecule has 0 saturated carbocycles. The molecule has 4 rings (SSSR count). The summed E-state index contributed by atoms with van der Waals surface area (Å²) in [5.74, 6) is 1.23. The third kappa shape index (κ3) is 5.43. The first-order valence-corrected chi connectivity index (χ1v) is 11.4. The molecular formula is C25H24Cl2N4O3. The molecular weight excluding hydrogens is 475 g/mol. The Morgan fingerprint density at radius 2 is 1.76 bits per heavy atom. The Balaban J connectivity index is 1.47. The summed E-state index contributed by atoms with van der Waals surface area (Å²) in [4.78, 5) is 13.0. The fourth-order valence-electron chi connectivity index (χ4n) is 3.63. The molecule has 0 aliphatic heterocycles. The van der Waals surface area contributed by atoms with Gasteiger partial charge in [0.05, 0.1) is 22.2 Å². The number of rotatable bonds is 7. The van der Waals surface area contributed by atoms with E-state index in [9.17, 15) is 4.79 Å². The number of hydrogen-bond acceptors (Lipinski definition) is 5. The molecule has 0 fully saturated rings. The summed E-state index contributed by atoms with van der Waals surface area (Å²) in [7, 11) is 0. The zero-order valence-electron chi connectivity index (χ0n) is 19.3. The average Bonchev–Trinajstić information content (AvgIpc) is 3.30. The Morgan fingerprint density at radius 1 is 1.03 bits per heavy atom. The summed E-state index contributed by atoms with van der Waals surface area (Å²) in [6.07, 6.45) is 0. The second-order valence-electron chi connectivity index (χ2n) is 8.21. The molecule has 34 heavy (non-hydrogen) atoms. The first-order valence-electron chi connectivity index (χ1n) is 10.7. The van der Waals surface area contributed by atoms with Crippen LogP contribution in [0.1, 0.15) is 44.2 Å². The van der Waals surface area contributed by atoms with E-state index in [2.05, 4.69) is 21.6 Å². The molecule has 1 N–H and O–H groups in total. The Hall–Kier alpha value is -3.29. The number of carbonyl (C=O) groups excluding carboxylic acids is 1. The average molecular weight is 499 g/mol. The molecule has 0 spiro atoms. The Kier molecular flexibility index (Phi) is 6.95. The molecule has 7 nitrogen and oxygen atoms in total. The Bertz CT molecular complexity index is 1340. The van der Waals surface area contributed by atoms with Crippen molar-refractivity contribution in [3.05, 3.63) is 91.9 Å². The minimum absolute atomic E-state index is 0.159. The van der Waals surface area contributed by atoms with Crippen molar-refractivity contribution in [2.24, 2.45) is 0 Å². The summed E-state index contributed by atoms with van der Waals surface area (Å²) < 4.78 is 13.0. The molecule has 4 aromatic rings. The largest absolute Gasteiger partial charge is 0.489 e. The summed E-state index contributed by atoms with van der Waals surface area (Å²) >= 11 is 12.1. The van der Waals surface area contributed by atoms with E-state index in [-0.39, 0.29) is 12.3 Å². The Labute approximate surface area is 207 Å². The molecule has 176 valence electrons. The highest BCUT2D eigenvalue weighted by atomic mass is 35.5. The van der Waals surface area contributed by atoms with Crippen LogP contribution in [-0.2, 0) is 13.2 Å². The first kappa shape index (κ1) is 23.9. The van der Waals surface area contributed by atoms with Crippen LogP contribution in [0.15, 0.2) is 47.0 Å². The van der Waals surface area contributed by atoms with Gasteiger partial charge in [-0.15, -0.1) is 0 Å². The number of nitrogens with zero attached hydrogens (tertiary/aromatic N) is 3. The van der Waals surface area contributed by atoms with Gasteiger partial charge in [0.25, 0.3) is 5.91 Å². The predicted molar refractivity (Wildman–Crippen MR) is 132 cm³/mol. The van der Waals surface area contributed by atoms with Gasteiger partial charge in [0, 0.05) is 11.8 Å².